The summed E-state index contributed by atoms with van der Waals surface area (Å²) in [6.07, 6.45) is 6.01. The zero-order valence-electron chi connectivity index (χ0n) is 18.8. The highest BCUT2D eigenvalue weighted by molar-refractivity contribution is 7.89. The summed E-state index contributed by atoms with van der Waals surface area (Å²) in [6.45, 7) is 4.81. The number of sulfonamides is 1. The molecule has 3 aromatic rings. The Labute approximate surface area is 192 Å². The molecular weight excluding hydrogens is 442 g/mol. The highest BCUT2D eigenvalue weighted by Crippen LogP contribution is 2.33. The molecule has 3 heterocycles. The van der Waals surface area contributed by atoms with Crippen molar-refractivity contribution in [3.63, 3.8) is 0 Å². The van der Waals surface area contributed by atoms with Crippen molar-refractivity contribution >= 4 is 27.3 Å². The van der Waals surface area contributed by atoms with Crippen LogP contribution in [0.5, 0.6) is 5.75 Å². The molecule has 5 rings (SSSR count). The van der Waals surface area contributed by atoms with Gasteiger partial charge in [-0.2, -0.15) is 5.10 Å². The zero-order chi connectivity index (χ0) is 23.2. The summed E-state index contributed by atoms with van der Waals surface area (Å²) in [5.74, 6) is 3.01. The average molecular weight is 470 g/mol. The second-order valence-corrected chi connectivity index (χ2v) is 10.2. The summed E-state index contributed by atoms with van der Waals surface area (Å²) < 4.78 is 36.1. The number of anilines is 2. The zero-order valence-corrected chi connectivity index (χ0v) is 19.6. The van der Waals surface area contributed by atoms with E-state index in [1.54, 1.807) is 12.1 Å². The number of imidazole rings is 1. The molecule has 1 aliphatic carbocycles. The second-order valence-electron chi connectivity index (χ2n) is 8.50. The fourth-order valence-corrected chi connectivity index (χ4v) is 5.13. The SMILES string of the molecule is COc1ccc(N2C=C(Nc3cc(C)[nH]n3)n3cc(C)nc3C2)cc1S(=O)(=O)NCC1CC1. The number of nitrogens with one attached hydrogen (secondary N) is 3. The van der Waals surface area contributed by atoms with E-state index in [0.29, 0.717) is 36.3 Å². The van der Waals surface area contributed by atoms with Crippen molar-refractivity contribution in [1.82, 2.24) is 24.5 Å². The Hall–Kier alpha value is -3.31. The van der Waals surface area contributed by atoms with Crippen LogP contribution in [0.2, 0.25) is 0 Å². The molecule has 0 amide bonds. The number of methoxy groups -OCH3 is 1. The van der Waals surface area contributed by atoms with E-state index in [4.69, 9.17) is 4.74 Å². The molecule has 0 spiro atoms. The van der Waals surface area contributed by atoms with Crippen LogP contribution in [0, 0.1) is 19.8 Å². The van der Waals surface area contributed by atoms with Crippen LogP contribution in [0.25, 0.3) is 5.82 Å². The van der Waals surface area contributed by atoms with Gasteiger partial charge in [0.1, 0.15) is 22.3 Å². The number of aryl methyl sites for hydroxylation is 2. The number of rotatable bonds is 8. The molecule has 10 nitrogen and oxygen atoms in total. The number of hydrogen-bond donors (Lipinski definition) is 3. The first-order valence-electron chi connectivity index (χ1n) is 10.8. The van der Waals surface area contributed by atoms with Gasteiger partial charge in [-0.05, 0) is 50.8 Å². The maximum atomic E-state index is 13.0. The molecule has 0 radical (unpaired) electrons. The Bertz CT molecular complexity index is 1320. The van der Waals surface area contributed by atoms with E-state index >= 15 is 0 Å². The Morgan fingerprint density at radius 1 is 1.24 bits per heavy atom. The van der Waals surface area contributed by atoms with Crippen LogP contribution in [0.3, 0.4) is 0 Å². The van der Waals surface area contributed by atoms with Gasteiger partial charge in [0.25, 0.3) is 0 Å². The molecule has 1 aromatic carbocycles. The van der Waals surface area contributed by atoms with E-state index in [1.807, 2.05) is 47.8 Å². The fourth-order valence-electron chi connectivity index (χ4n) is 3.83. The number of hydrogen-bond acceptors (Lipinski definition) is 7. The summed E-state index contributed by atoms with van der Waals surface area (Å²) in [6, 6.07) is 7.08. The molecule has 1 fully saturated rings. The molecule has 0 atom stereocenters. The molecule has 1 saturated carbocycles. The predicted molar refractivity (Wildman–Crippen MR) is 125 cm³/mol. The van der Waals surface area contributed by atoms with E-state index in [0.717, 1.165) is 35.9 Å². The molecule has 174 valence electrons. The smallest absolute Gasteiger partial charge is 0.244 e. The van der Waals surface area contributed by atoms with Crippen molar-refractivity contribution in [3.05, 3.63) is 53.9 Å². The van der Waals surface area contributed by atoms with Gasteiger partial charge in [-0.25, -0.2) is 18.1 Å². The third kappa shape index (κ3) is 4.46. The number of H-pyrrole nitrogens is 1. The molecule has 0 saturated heterocycles. The summed E-state index contributed by atoms with van der Waals surface area (Å²) in [5, 5.41) is 10.5. The lowest BCUT2D eigenvalue weighted by Gasteiger charge is -2.28. The minimum Gasteiger partial charge on any atom is -0.495 e. The van der Waals surface area contributed by atoms with Crippen molar-refractivity contribution in [2.45, 2.75) is 38.1 Å². The van der Waals surface area contributed by atoms with Crippen LogP contribution in [0.15, 0.2) is 41.6 Å². The topological polar surface area (TPSA) is 117 Å². The molecule has 3 N–H and O–H groups in total. The van der Waals surface area contributed by atoms with Crippen molar-refractivity contribution < 1.29 is 13.2 Å². The van der Waals surface area contributed by atoms with Gasteiger partial charge < -0.3 is 15.0 Å². The molecule has 1 aliphatic heterocycles. The van der Waals surface area contributed by atoms with Crippen LogP contribution in [0.1, 0.15) is 30.1 Å². The monoisotopic (exact) mass is 469 g/mol. The maximum Gasteiger partial charge on any atom is 0.244 e. The van der Waals surface area contributed by atoms with Crippen molar-refractivity contribution in [2.75, 3.05) is 23.9 Å². The number of ether oxygens (including phenoxy) is 1. The Morgan fingerprint density at radius 2 is 2.06 bits per heavy atom. The van der Waals surface area contributed by atoms with Crippen LogP contribution in [-0.4, -0.2) is 41.8 Å². The summed E-state index contributed by atoms with van der Waals surface area (Å²) in [5.41, 5.74) is 2.54. The first-order valence-corrected chi connectivity index (χ1v) is 12.3. The van der Waals surface area contributed by atoms with Crippen molar-refractivity contribution in [3.8, 4) is 5.75 Å². The largest absolute Gasteiger partial charge is 0.495 e. The number of aromatic nitrogens is 4. The normalized spacial score (nSPS) is 15.8. The van der Waals surface area contributed by atoms with Crippen LogP contribution in [-0.2, 0) is 16.6 Å². The van der Waals surface area contributed by atoms with Gasteiger partial charge in [0.05, 0.1) is 19.3 Å². The van der Waals surface area contributed by atoms with Crippen LogP contribution >= 0.6 is 0 Å². The first-order chi connectivity index (χ1) is 15.8. The van der Waals surface area contributed by atoms with E-state index in [9.17, 15) is 8.42 Å². The lowest BCUT2D eigenvalue weighted by atomic mass is 10.2. The highest BCUT2D eigenvalue weighted by Gasteiger charge is 2.27. The Balaban J connectivity index is 1.50. The van der Waals surface area contributed by atoms with Gasteiger partial charge in [0.15, 0.2) is 5.82 Å². The standard InChI is InChI=1S/C22H27N7O3S/c1-14-8-20(27-26-14)25-22-13-28(12-21-24-15(2)11-29(21)22)17-6-7-18(32-3)19(9-17)33(30,31)23-10-16-4-5-16/h6-9,11,13,16,23H,4-5,10,12H2,1-3H3,(H2,25,26,27). The molecular formula is C22H27N7O3S. The third-order valence-corrected chi connectivity index (χ3v) is 7.18. The van der Waals surface area contributed by atoms with E-state index < -0.39 is 10.0 Å². The summed E-state index contributed by atoms with van der Waals surface area (Å²) in [4.78, 5) is 6.73. The van der Waals surface area contributed by atoms with Gasteiger partial charge in [0.2, 0.25) is 10.0 Å². The molecule has 0 bridgehead atoms. The number of fused-ring (bicyclic) bond motifs is 1. The summed E-state index contributed by atoms with van der Waals surface area (Å²) in [7, 11) is -2.23. The minimum atomic E-state index is -3.71. The predicted octanol–water partition coefficient (Wildman–Crippen LogP) is 2.81. The van der Waals surface area contributed by atoms with Gasteiger partial charge >= 0.3 is 0 Å². The van der Waals surface area contributed by atoms with Gasteiger partial charge in [0, 0.05) is 36.4 Å². The maximum absolute atomic E-state index is 13.0. The first kappa shape index (κ1) is 21.5. The van der Waals surface area contributed by atoms with E-state index in [2.05, 4.69) is 25.2 Å². The molecule has 2 aromatic heterocycles. The van der Waals surface area contributed by atoms with Crippen molar-refractivity contribution in [2.24, 2.45) is 5.92 Å². The van der Waals surface area contributed by atoms with Crippen LogP contribution in [0.4, 0.5) is 11.5 Å². The molecule has 33 heavy (non-hydrogen) atoms. The number of aromatic amines is 1. The quantitative estimate of drug-likeness (QED) is 0.464. The van der Waals surface area contributed by atoms with E-state index in [1.165, 1.54) is 7.11 Å². The molecule has 0 unspecified atom stereocenters. The van der Waals surface area contributed by atoms with Crippen LogP contribution < -0.4 is 19.7 Å². The lowest BCUT2D eigenvalue weighted by molar-refractivity contribution is 0.402. The van der Waals surface area contributed by atoms with Gasteiger partial charge in [-0.15, -0.1) is 0 Å². The van der Waals surface area contributed by atoms with E-state index in [-0.39, 0.29) is 4.90 Å². The fraction of sp³-hybridized carbons (Fsp3) is 0.364. The average Bonchev–Trinajstić information content (AvgIpc) is 3.42. The minimum absolute atomic E-state index is 0.124. The number of benzene rings is 1. The van der Waals surface area contributed by atoms with Gasteiger partial charge in [-0.1, -0.05) is 0 Å². The van der Waals surface area contributed by atoms with Gasteiger partial charge in [-0.3, -0.25) is 9.67 Å². The highest BCUT2D eigenvalue weighted by atomic mass is 32.2. The van der Waals surface area contributed by atoms with Crippen molar-refractivity contribution in [1.29, 1.82) is 0 Å². The third-order valence-electron chi connectivity index (χ3n) is 5.74. The Morgan fingerprint density at radius 3 is 2.76 bits per heavy atom. The summed E-state index contributed by atoms with van der Waals surface area (Å²) >= 11 is 0. The molecule has 11 heteroatoms. The lowest BCUT2D eigenvalue weighted by Crippen LogP contribution is -2.28. The Kier molecular flexibility index (Phi) is 5.37. The molecule has 2 aliphatic rings. The second kappa shape index (κ2) is 8.23. The number of nitrogens with zero attached hydrogens (tertiary/aromatic N) is 4.